The maximum atomic E-state index is 12.9. The van der Waals surface area contributed by atoms with Crippen LogP contribution in [0.4, 0.5) is 13.2 Å². The molecule has 150 valence electrons. The van der Waals surface area contributed by atoms with E-state index in [2.05, 4.69) is 0 Å². The number of sulfonamides is 1. The molecule has 0 aromatic heterocycles. The van der Waals surface area contributed by atoms with Crippen LogP contribution in [-0.2, 0) is 16.2 Å². The number of aromatic hydroxyl groups is 1. The molecule has 1 aliphatic rings. The first kappa shape index (κ1) is 20.2. The highest BCUT2D eigenvalue weighted by molar-refractivity contribution is 7.89. The van der Waals surface area contributed by atoms with Crippen LogP contribution in [0.2, 0.25) is 0 Å². The Morgan fingerprint density at radius 1 is 0.964 bits per heavy atom. The lowest BCUT2D eigenvalue weighted by atomic mass is 10.2. The number of piperazine rings is 1. The van der Waals surface area contributed by atoms with Crippen LogP contribution in [0.5, 0.6) is 5.75 Å². The van der Waals surface area contributed by atoms with E-state index < -0.39 is 26.7 Å². The van der Waals surface area contributed by atoms with Gasteiger partial charge in [-0.3, -0.25) is 4.79 Å². The van der Waals surface area contributed by atoms with Crippen molar-refractivity contribution in [3.63, 3.8) is 0 Å². The summed E-state index contributed by atoms with van der Waals surface area (Å²) in [6, 6.07) is 9.28. The van der Waals surface area contributed by atoms with Crippen molar-refractivity contribution < 1.29 is 31.5 Å². The molecule has 0 aliphatic carbocycles. The molecule has 1 fully saturated rings. The van der Waals surface area contributed by atoms with Gasteiger partial charge in [0.15, 0.2) is 0 Å². The van der Waals surface area contributed by atoms with Crippen molar-refractivity contribution in [2.24, 2.45) is 0 Å². The van der Waals surface area contributed by atoms with Gasteiger partial charge in [-0.05, 0) is 42.5 Å². The van der Waals surface area contributed by atoms with Crippen LogP contribution < -0.4 is 0 Å². The minimum atomic E-state index is -4.64. The van der Waals surface area contributed by atoms with E-state index in [1.165, 1.54) is 29.2 Å². The molecular weight excluding hydrogens is 397 g/mol. The summed E-state index contributed by atoms with van der Waals surface area (Å²) in [5, 5.41) is 9.28. The summed E-state index contributed by atoms with van der Waals surface area (Å²) >= 11 is 0. The molecule has 3 rings (SSSR count). The van der Waals surface area contributed by atoms with Crippen molar-refractivity contribution in [1.82, 2.24) is 9.21 Å². The van der Waals surface area contributed by atoms with Crippen LogP contribution in [0.1, 0.15) is 15.9 Å². The number of halogens is 3. The van der Waals surface area contributed by atoms with Crippen molar-refractivity contribution in [3.8, 4) is 5.75 Å². The second-order valence-electron chi connectivity index (χ2n) is 6.27. The Hall–Kier alpha value is -2.59. The molecule has 1 amide bonds. The van der Waals surface area contributed by atoms with Gasteiger partial charge in [-0.15, -0.1) is 0 Å². The molecule has 0 radical (unpaired) electrons. The van der Waals surface area contributed by atoms with Gasteiger partial charge in [0.1, 0.15) is 5.75 Å². The smallest absolute Gasteiger partial charge is 0.416 e. The summed E-state index contributed by atoms with van der Waals surface area (Å²) in [5.41, 5.74) is -0.679. The zero-order valence-corrected chi connectivity index (χ0v) is 15.4. The quantitative estimate of drug-likeness (QED) is 0.838. The van der Waals surface area contributed by atoms with Crippen molar-refractivity contribution >= 4 is 15.9 Å². The molecule has 10 heteroatoms. The van der Waals surface area contributed by atoms with E-state index in [1.54, 1.807) is 0 Å². The van der Waals surface area contributed by atoms with Gasteiger partial charge in [0.2, 0.25) is 10.0 Å². The van der Waals surface area contributed by atoms with E-state index in [9.17, 15) is 31.5 Å². The zero-order chi connectivity index (χ0) is 20.5. The Kier molecular flexibility index (Phi) is 5.35. The molecule has 0 unspecified atom stereocenters. The number of amides is 1. The third-order valence-corrected chi connectivity index (χ3v) is 6.33. The fourth-order valence-electron chi connectivity index (χ4n) is 2.90. The number of alkyl halides is 3. The topological polar surface area (TPSA) is 77.9 Å². The largest absolute Gasteiger partial charge is 0.508 e. The normalized spacial score (nSPS) is 16.2. The van der Waals surface area contributed by atoms with Crippen LogP contribution >= 0.6 is 0 Å². The molecule has 1 heterocycles. The van der Waals surface area contributed by atoms with Crippen LogP contribution in [0.25, 0.3) is 0 Å². The van der Waals surface area contributed by atoms with Crippen LogP contribution in [-0.4, -0.2) is 54.8 Å². The first-order valence-corrected chi connectivity index (χ1v) is 9.79. The van der Waals surface area contributed by atoms with Gasteiger partial charge >= 0.3 is 6.18 Å². The minimum Gasteiger partial charge on any atom is -0.508 e. The lowest BCUT2D eigenvalue weighted by Gasteiger charge is -2.34. The van der Waals surface area contributed by atoms with Crippen molar-refractivity contribution in [2.75, 3.05) is 26.2 Å². The number of phenols is 1. The van der Waals surface area contributed by atoms with E-state index in [-0.39, 0.29) is 37.8 Å². The summed E-state index contributed by atoms with van der Waals surface area (Å²) in [6.07, 6.45) is -4.64. The Bertz CT molecular complexity index is 967. The summed E-state index contributed by atoms with van der Waals surface area (Å²) in [5.74, 6) is -0.287. The Labute approximate surface area is 159 Å². The summed E-state index contributed by atoms with van der Waals surface area (Å²) in [6.45, 7) is 0.167. The highest BCUT2D eigenvalue weighted by Gasteiger charge is 2.34. The lowest BCUT2D eigenvalue weighted by molar-refractivity contribution is -0.137. The van der Waals surface area contributed by atoms with Crippen molar-refractivity contribution in [2.45, 2.75) is 11.1 Å². The maximum Gasteiger partial charge on any atom is 0.416 e. The van der Waals surface area contributed by atoms with E-state index >= 15 is 0 Å². The summed E-state index contributed by atoms with van der Waals surface area (Å²) < 4.78 is 65.0. The first-order chi connectivity index (χ1) is 13.1. The van der Waals surface area contributed by atoms with Gasteiger partial charge in [-0.25, -0.2) is 8.42 Å². The van der Waals surface area contributed by atoms with E-state index in [4.69, 9.17) is 0 Å². The molecule has 1 saturated heterocycles. The highest BCUT2D eigenvalue weighted by Crippen LogP contribution is 2.31. The van der Waals surface area contributed by atoms with Gasteiger partial charge in [0, 0.05) is 31.7 Å². The molecule has 1 aliphatic heterocycles. The van der Waals surface area contributed by atoms with Crippen LogP contribution in [0, 0.1) is 0 Å². The average molecular weight is 414 g/mol. The molecule has 1 N–H and O–H groups in total. The minimum absolute atomic E-state index is 0.0218. The molecule has 2 aromatic rings. The van der Waals surface area contributed by atoms with E-state index in [1.807, 2.05) is 0 Å². The number of hydrogen-bond acceptors (Lipinski definition) is 4. The number of phenolic OH excluding ortho intramolecular Hbond substituents is 1. The number of nitrogens with zero attached hydrogens (tertiary/aromatic N) is 2. The number of hydrogen-bond donors (Lipinski definition) is 1. The molecule has 28 heavy (non-hydrogen) atoms. The Morgan fingerprint density at radius 2 is 1.57 bits per heavy atom. The van der Waals surface area contributed by atoms with Gasteiger partial charge < -0.3 is 10.0 Å². The summed E-state index contributed by atoms with van der Waals surface area (Å²) in [4.78, 5) is 13.5. The third kappa shape index (κ3) is 4.12. The fourth-order valence-corrected chi connectivity index (χ4v) is 4.37. The van der Waals surface area contributed by atoms with Gasteiger partial charge in [0.25, 0.3) is 5.91 Å². The average Bonchev–Trinajstić information content (AvgIpc) is 2.67. The van der Waals surface area contributed by atoms with Crippen LogP contribution in [0.3, 0.4) is 0 Å². The zero-order valence-electron chi connectivity index (χ0n) is 14.6. The molecular formula is C18H17F3N2O4S. The molecule has 0 atom stereocenters. The monoisotopic (exact) mass is 414 g/mol. The fraction of sp³-hybridized carbons (Fsp3) is 0.278. The predicted octanol–water partition coefficient (Wildman–Crippen LogP) is 2.56. The molecule has 6 nitrogen and oxygen atoms in total. The summed E-state index contributed by atoms with van der Waals surface area (Å²) in [7, 11) is -4.10. The van der Waals surface area contributed by atoms with Crippen molar-refractivity contribution in [3.05, 3.63) is 59.7 Å². The molecule has 0 saturated carbocycles. The van der Waals surface area contributed by atoms with Crippen molar-refractivity contribution in [1.29, 1.82) is 0 Å². The Morgan fingerprint density at radius 3 is 2.14 bits per heavy atom. The highest BCUT2D eigenvalue weighted by atomic mass is 32.2. The number of benzene rings is 2. The number of carbonyl (C=O) groups is 1. The molecule has 0 spiro atoms. The standard InChI is InChI=1S/C18H17F3N2O4S/c19-18(20,21)14-2-1-3-16(12-14)28(26,27)23-10-8-22(9-11-23)17(25)13-4-6-15(24)7-5-13/h1-7,12,24H,8-11H2. The van der Waals surface area contributed by atoms with Crippen LogP contribution in [0.15, 0.2) is 53.4 Å². The van der Waals surface area contributed by atoms with Gasteiger partial charge in [-0.2, -0.15) is 17.5 Å². The maximum absolute atomic E-state index is 12.9. The predicted molar refractivity (Wildman–Crippen MR) is 94.2 cm³/mol. The van der Waals surface area contributed by atoms with Gasteiger partial charge in [0.05, 0.1) is 10.5 Å². The lowest BCUT2D eigenvalue weighted by Crippen LogP contribution is -2.50. The Balaban J connectivity index is 1.72. The third-order valence-electron chi connectivity index (χ3n) is 4.44. The SMILES string of the molecule is O=C(c1ccc(O)cc1)N1CCN(S(=O)(=O)c2cccc(C(F)(F)F)c2)CC1. The molecule has 0 bridgehead atoms. The molecule has 2 aromatic carbocycles. The second-order valence-corrected chi connectivity index (χ2v) is 8.21. The van der Waals surface area contributed by atoms with Gasteiger partial charge in [-0.1, -0.05) is 6.07 Å². The number of rotatable bonds is 3. The van der Waals surface area contributed by atoms with E-state index in [0.717, 1.165) is 22.5 Å². The number of carbonyl (C=O) groups excluding carboxylic acids is 1. The first-order valence-electron chi connectivity index (χ1n) is 8.35. The second kappa shape index (κ2) is 7.44. The van der Waals surface area contributed by atoms with E-state index in [0.29, 0.717) is 11.6 Å².